The second-order valence-corrected chi connectivity index (χ2v) is 6.48. The van der Waals surface area contributed by atoms with E-state index in [0.717, 1.165) is 25.9 Å². The van der Waals surface area contributed by atoms with Crippen LogP contribution >= 0.6 is 11.6 Å². The molecule has 1 aliphatic rings. The minimum absolute atomic E-state index is 0.0127. The summed E-state index contributed by atoms with van der Waals surface area (Å²) in [5, 5.41) is 12.7. The van der Waals surface area contributed by atoms with Crippen LogP contribution in [0.3, 0.4) is 0 Å². The zero-order valence-corrected chi connectivity index (χ0v) is 14.1. The molecule has 0 aliphatic carbocycles. The van der Waals surface area contributed by atoms with Crippen molar-refractivity contribution in [3.8, 4) is 5.75 Å². The van der Waals surface area contributed by atoms with E-state index in [-0.39, 0.29) is 33.8 Å². The van der Waals surface area contributed by atoms with Crippen LogP contribution in [0.15, 0.2) is 12.1 Å². The number of amides is 2. The van der Waals surface area contributed by atoms with Crippen LogP contribution in [0.2, 0.25) is 5.02 Å². The van der Waals surface area contributed by atoms with Gasteiger partial charge >= 0.3 is 0 Å². The minimum atomic E-state index is -0.734. The summed E-state index contributed by atoms with van der Waals surface area (Å²) >= 11 is 5.85. The summed E-state index contributed by atoms with van der Waals surface area (Å²) in [6.45, 7) is 5.95. The molecule has 0 aromatic heterocycles. The van der Waals surface area contributed by atoms with Crippen molar-refractivity contribution in [2.24, 2.45) is 11.7 Å². The third-order valence-corrected chi connectivity index (χ3v) is 4.58. The van der Waals surface area contributed by atoms with Crippen LogP contribution in [-0.2, 0) is 4.79 Å². The molecule has 1 aromatic rings. The molecule has 1 heterocycles. The Morgan fingerprint density at radius 3 is 2.48 bits per heavy atom. The molecule has 1 aromatic carbocycles. The summed E-state index contributed by atoms with van der Waals surface area (Å²) in [6, 6.07) is 3.22. The first-order valence-electron chi connectivity index (χ1n) is 7.67. The summed E-state index contributed by atoms with van der Waals surface area (Å²) in [7, 11) is 0. The monoisotopic (exact) mass is 339 g/mol. The lowest BCUT2D eigenvalue weighted by molar-refractivity contribution is -0.121. The number of carbonyl (C=O) groups excluding carboxylic acids is 2. The Morgan fingerprint density at radius 2 is 1.96 bits per heavy atom. The SMILES string of the molecule is CC(C)N1CCC(C(=O)Nc2c(C(N)=O)ccc(Cl)c2O)CC1. The molecule has 0 bridgehead atoms. The average Bonchev–Trinajstić information content (AvgIpc) is 2.51. The fourth-order valence-corrected chi connectivity index (χ4v) is 2.96. The number of anilines is 1. The van der Waals surface area contributed by atoms with Gasteiger partial charge in [0, 0.05) is 12.0 Å². The van der Waals surface area contributed by atoms with E-state index in [1.165, 1.54) is 12.1 Å². The highest BCUT2D eigenvalue weighted by Crippen LogP contribution is 2.35. The molecule has 23 heavy (non-hydrogen) atoms. The fourth-order valence-electron chi connectivity index (χ4n) is 2.80. The van der Waals surface area contributed by atoms with Crippen molar-refractivity contribution in [2.45, 2.75) is 32.7 Å². The number of hydrogen-bond acceptors (Lipinski definition) is 4. The van der Waals surface area contributed by atoms with E-state index < -0.39 is 5.91 Å². The van der Waals surface area contributed by atoms with Crippen molar-refractivity contribution >= 4 is 29.1 Å². The fraction of sp³-hybridized carbons (Fsp3) is 0.500. The Labute approximate surface area is 140 Å². The Morgan fingerprint density at radius 1 is 1.35 bits per heavy atom. The second kappa shape index (κ2) is 7.19. The van der Waals surface area contributed by atoms with Gasteiger partial charge < -0.3 is 21.1 Å². The lowest BCUT2D eigenvalue weighted by Crippen LogP contribution is -2.41. The Hall–Kier alpha value is -1.79. The molecule has 2 amide bonds. The van der Waals surface area contributed by atoms with E-state index in [2.05, 4.69) is 24.1 Å². The number of phenolic OH excluding ortho intramolecular Hbond substituents is 1. The first-order chi connectivity index (χ1) is 10.8. The zero-order chi connectivity index (χ0) is 17.1. The van der Waals surface area contributed by atoms with Crippen LogP contribution in [0.25, 0.3) is 0 Å². The van der Waals surface area contributed by atoms with Crippen molar-refractivity contribution < 1.29 is 14.7 Å². The summed E-state index contributed by atoms with van der Waals surface area (Å²) in [4.78, 5) is 26.2. The van der Waals surface area contributed by atoms with Crippen molar-refractivity contribution in [1.29, 1.82) is 0 Å². The van der Waals surface area contributed by atoms with Crippen LogP contribution in [0, 0.1) is 5.92 Å². The highest BCUT2D eigenvalue weighted by Gasteiger charge is 2.27. The van der Waals surface area contributed by atoms with Gasteiger partial charge in [-0.05, 0) is 51.9 Å². The van der Waals surface area contributed by atoms with E-state index in [9.17, 15) is 14.7 Å². The third-order valence-electron chi connectivity index (χ3n) is 4.27. The van der Waals surface area contributed by atoms with Crippen molar-refractivity contribution in [3.63, 3.8) is 0 Å². The third kappa shape index (κ3) is 3.95. The zero-order valence-electron chi connectivity index (χ0n) is 13.3. The van der Waals surface area contributed by atoms with E-state index in [1.807, 2.05) is 0 Å². The number of nitrogens with two attached hydrogens (primary N) is 1. The molecular formula is C16H22ClN3O3. The van der Waals surface area contributed by atoms with Gasteiger partial charge in [0.15, 0.2) is 5.75 Å². The van der Waals surface area contributed by atoms with Gasteiger partial charge in [-0.3, -0.25) is 9.59 Å². The first kappa shape index (κ1) is 17.6. The molecule has 0 spiro atoms. The molecule has 0 saturated carbocycles. The maximum Gasteiger partial charge on any atom is 0.250 e. The van der Waals surface area contributed by atoms with Gasteiger partial charge in [-0.1, -0.05) is 11.6 Å². The number of piperidine rings is 1. The predicted octanol–water partition coefficient (Wildman–Crippen LogP) is 2.20. The first-order valence-corrected chi connectivity index (χ1v) is 8.05. The number of likely N-dealkylation sites (tertiary alicyclic amines) is 1. The van der Waals surface area contributed by atoms with Crippen LogP contribution in [0.4, 0.5) is 5.69 Å². The highest BCUT2D eigenvalue weighted by molar-refractivity contribution is 6.33. The van der Waals surface area contributed by atoms with Gasteiger partial charge in [0.05, 0.1) is 16.3 Å². The number of hydrogen-bond donors (Lipinski definition) is 3. The second-order valence-electron chi connectivity index (χ2n) is 6.08. The number of halogens is 1. The number of phenols is 1. The van der Waals surface area contributed by atoms with Gasteiger partial charge in [0.1, 0.15) is 0 Å². The molecule has 7 heteroatoms. The van der Waals surface area contributed by atoms with Crippen LogP contribution in [0.1, 0.15) is 37.0 Å². The van der Waals surface area contributed by atoms with E-state index >= 15 is 0 Å². The van der Waals surface area contributed by atoms with Crippen molar-refractivity contribution in [3.05, 3.63) is 22.7 Å². The number of rotatable bonds is 4. The van der Waals surface area contributed by atoms with Gasteiger partial charge in [0.25, 0.3) is 5.91 Å². The molecule has 2 rings (SSSR count). The predicted molar refractivity (Wildman–Crippen MR) is 89.7 cm³/mol. The number of nitrogens with one attached hydrogen (secondary N) is 1. The molecule has 1 fully saturated rings. The lowest BCUT2D eigenvalue weighted by Gasteiger charge is -2.34. The molecule has 0 atom stereocenters. The Bertz CT molecular complexity index is 611. The molecule has 1 aliphatic heterocycles. The average molecular weight is 340 g/mol. The molecule has 0 unspecified atom stereocenters. The van der Waals surface area contributed by atoms with Gasteiger partial charge in [-0.2, -0.15) is 0 Å². The number of nitrogens with zero attached hydrogens (tertiary/aromatic N) is 1. The molecule has 0 radical (unpaired) electrons. The van der Waals surface area contributed by atoms with E-state index in [1.54, 1.807) is 0 Å². The topological polar surface area (TPSA) is 95.7 Å². The van der Waals surface area contributed by atoms with E-state index in [0.29, 0.717) is 6.04 Å². The number of primary amides is 1. The molecular weight excluding hydrogens is 318 g/mol. The number of aromatic hydroxyl groups is 1. The lowest BCUT2D eigenvalue weighted by atomic mass is 9.95. The maximum absolute atomic E-state index is 12.4. The molecule has 4 N–H and O–H groups in total. The molecule has 126 valence electrons. The largest absolute Gasteiger partial charge is 0.504 e. The van der Waals surface area contributed by atoms with E-state index in [4.69, 9.17) is 17.3 Å². The highest BCUT2D eigenvalue weighted by atomic mass is 35.5. The van der Waals surface area contributed by atoms with Crippen LogP contribution in [-0.4, -0.2) is 41.0 Å². The quantitative estimate of drug-likeness (QED) is 0.733. The summed E-state index contributed by atoms with van der Waals surface area (Å²) < 4.78 is 0. The number of benzene rings is 1. The van der Waals surface area contributed by atoms with Gasteiger partial charge in [-0.15, -0.1) is 0 Å². The van der Waals surface area contributed by atoms with Crippen molar-refractivity contribution in [1.82, 2.24) is 4.90 Å². The van der Waals surface area contributed by atoms with Crippen LogP contribution in [0.5, 0.6) is 5.75 Å². The smallest absolute Gasteiger partial charge is 0.250 e. The van der Waals surface area contributed by atoms with Gasteiger partial charge in [-0.25, -0.2) is 0 Å². The Kier molecular flexibility index (Phi) is 5.49. The normalized spacial score (nSPS) is 16.5. The van der Waals surface area contributed by atoms with Gasteiger partial charge in [0.2, 0.25) is 5.91 Å². The minimum Gasteiger partial charge on any atom is -0.504 e. The maximum atomic E-state index is 12.4. The molecule has 1 saturated heterocycles. The molecule has 6 nitrogen and oxygen atoms in total. The van der Waals surface area contributed by atoms with Crippen LogP contribution < -0.4 is 11.1 Å². The summed E-state index contributed by atoms with van der Waals surface area (Å²) in [5.41, 5.74) is 5.32. The number of carbonyl (C=O) groups is 2. The summed E-state index contributed by atoms with van der Waals surface area (Å²) in [6.07, 6.45) is 1.47. The Balaban J connectivity index is 2.12. The summed E-state index contributed by atoms with van der Waals surface area (Å²) in [5.74, 6) is -1.46. The standard InChI is InChI=1S/C16H22ClN3O3/c1-9(2)20-7-5-10(6-8-20)16(23)19-13-11(15(18)22)3-4-12(17)14(13)21/h3-4,9-10,21H,5-8H2,1-2H3,(H2,18,22)(H,19,23). The van der Waals surface area contributed by atoms with Crippen molar-refractivity contribution in [2.75, 3.05) is 18.4 Å².